The van der Waals surface area contributed by atoms with Crippen LogP contribution < -0.4 is 10.5 Å². The number of hydrogen-bond acceptors (Lipinski definition) is 6. The Morgan fingerprint density at radius 3 is 2.57 bits per heavy atom. The van der Waals surface area contributed by atoms with Crippen molar-refractivity contribution in [3.63, 3.8) is 0 Å². The van der Waals surface area contributed by atoms with E-state index in [9.17, 15) is 10.1 Å². The fourth-order valence-corrected chi connectivity index (χ4v) is 3.44. The summed E-state index contributed by atoms with van der Waals surface area (Å²) in [5.74, 6) is -0.446. The maximum Gasteiger partial charge on any atom is 0.338 e. The number of carbonyl (C=O) groups excluding carboxylic acids is 1. The fourth-order valence-electron chi connectivity index (χ4n) is 3.44. The standard InChI is InChI=1S/C24H24N2O4/c1-4-28-24(27)21-16(3)30-23(26)19(13-25)22(21)18-11-7-8-12-20(18)29-14-17-10-6-5-9-15(17)2/h5-12,22H,4,14,26H2,1-3H3. The van der Waals surface area contributed by atoms with Crippen LogP contribution in [0.25, 0.3) is 0 Å². The van der Waals surface area contributed by atoms with E-state index in [1.807, 2.05) is 55.5 Å². The van der Waals surface area contributed by atoms with E-state index in [0.29, 0.717) is 23.7 Å². The summed E-state index contributed by atoms with van der Waals surface area (Å²) in [6.45, 7) is 5.93. The van der Waals surface area contributed by atoms with Gasteiger partial charge in [0.25, 0.3) is 0 Å². The van der Waals surface area contributed by atoms with E-state index in [1.165, 1.54) is 0 Å². The minimum atomic E-state index is -0.740. The molecule has 1 aliphatic heterocycles. The largest absolute Gasteiger partial charge is 0.489 e. The summed E-state index contributed by atoms with van der Waals surface area (Å²) in [7, 11) is 0. The first kappa shape index (κ1) is 21.0. The number of allylic oxidation sites excluding steroid dienone is 2. The van der Waals surface area contributed by atoms with Gasteiger partial charge in [-0.05, 0) is 38.0 Å². The van der Waals surface area contributed by atoms with Crippen LogP contribution in [0.15, 0.2) is 71.3 Å². The average molecular weight is 404 g/mol. The number of nitriles is 1. The van der Waals surface area contributed by atoms with Crippen LogP contribution in [-0.4, -0.2) is 12.6 Å². The number of ether oxygens (including phenoxy) is 3. The van der Waals surface area contributed by atoms with Crippen LogP contribution >= 0.6 is 0 Å². The maximum absolute atomic E-state index is 12.7. The van der Waals surface area contributed by atoms with E-state index in [0.717, 1.165) is 11.1 Å². The number of rotatable bonds is 6. The number of nitrogens with two attached hydrogens (primary N) is 1. The fraction of sp³-hybridized carbons (Fsp3) is 0.250. The van der Waals surface area contributed by atoms with Gasteiger partial charge >= 0.3 is 5.97 Å². The second-order valence-corrected chi connectivity index (χ2v) is 6.87. The molecule has 6 nitrogen and oxygen atoms in total. The molecular weight excluding hydrogens is 380 g/mol. The van der Waals surface area contributed by atoms with Crippen LogP contribution in [0.2, 0.25) is 0 Å². The SMILES string of the molecule is CCOC(=O)C1=C(C)OC(N)=C(C#N)C1c1ccccc1OCc1ccccc1C. The molecule has 0 saturated carbocycles. The van der Waals surface area contributed by atoms with Crippen LogP contribution in [0.4, 0.5) is 0 Å². The molecule has 0 bridgehead atoms. The second-order valence-electron chi connectivity index (χ2n) is 6.87. The molecule has 0 saturated heterocycles. The van der Waals surface area contributed by atoms with Crippen molar-refractivity contribution in [1.29, 1.82) is 5.26 Å². The summed E-state index contributed by atoms with van der Waals surface area (Å²) in [4.78, 5) is 12.7. The van der Waals surface area contributed by atoms with Gasteiger partial charge in [0.05, 0.1) is 18.1 Å². The molecule has 2 aromatic rings. The molecule has 0 fully saturated rings. The summed E-state index contributed by atoms with van der Waals surface area (Å²) >= 11 is 0. The molecule has 0 aliphatic carbocycles. The molecule has 2 N–H and O–H groups in total. The molecular formula is C24H24N2O4. The molecule has 3 rings (SSSR count). The Morgan fingerprint density at radius 1 is 1.17 bits per heavy atom. The molecule has 0 spiro atoms. The third kappa shape index (κ3) is 4.15. The first-order chi connectivity index (χ1) is 14.5. The topological polar surface area (TPSA) is 94.6 Å². The average Bonchev–Trinajstić information content (AvgIpc) is 2.73. The van der Waals surface area contributed by atoms with Crippen molar-refractivity contribution in [3.8, 4) is 11.8 Å². The molecule has 6 heteroatoms. The Bertz CT molecular complexity index is 1060. The Labute approximate surface area is 176 Å². The first-order valence-corrected chi connectivity index (χ1v) is 9.69. The number of aryl methyl sites for hydroxylation is 1. The maximum atomic E-state index is 12.7. The third-order valence-corrected chi connectivity index (χ3v) is 4.98. The van der Waals surface area contributed by atoms with Crippen molar-refractivity contribution in [1.82, 2.24) is 0 Å². The number of hydrogen-bond donors (Lipinski definition) is 1. The summed E-state index contributed by atoms with van der Waals surface area (Å²) in [6.07, 6.45) is 0. The van der Waals surface area contributed by atoms with Crippen LogP contribution in [-0.2, 0) is 20.9 Å². The molecule has 2 aromatic carbocycles. The van der Waals surface area contributed by atoms with Crippen molar-refractivity contribution < 1.29 is 19.0 Å². The number of esters is 1. The van der Waals surface area contributed by atoms with Gasteiger partial charge in [-0.1, -0.05) is 42.5 Å². The van der Waals surface area contributed by atoms with Gasteiger partial charge in [0.2, 0.25) is 5.88 Å². The lowest BCUT2D eigenvalue weighted by molar-refractivity contribution is -0.139. The van der Waals surface area contributed by atoms with E-state index in [2.05, 4.69) is 6.07 Å². The number of carbonyl (C=O) groups is 1. The van der Waals surface area contributed by atoms with Gasteiger partial charge < -0.3 is 19.9 Å². The zero-order chi connectivity index (χ0) is 21.7. The number of nitrogens with zero attached hydrogens (tertiary/aromatic N) is 1. The van der Waals surface area contributed by atoms with Crippen molar-refractivity contribution >= 4 is 5.97 Å². The molecule has 1 unspecified atom stereocenters. The Kier molecular flexibility index (Phi) is 6.43. The van der Waals surface area contributed by atoms with Crippen molar-refractivity contribution in [2.45, 2.75) is 33.3 Å². The molecule has 0 aromatic heterocycles. The van der Waals surface area contributed by atoms with Crippen LogP contribution in [0, 0.1) is 18.3 Å². The molecule has 1 heterocycles. The normalized spacial score (nSPS) is 16.0. The minimum absolute atomic E-state index is 0.0262. The number of benzene rings is 2. The van der Waals surface area contributed by atoms with Crippen LogP contribution in [0.3, 0.4) is 0 Å². The lowest BCUT2D eigenvalue weighted by atomic mass is 9.82. The summed E-state index contributed by atoms with van der Waals surface area (Å²) in [5.41, 5.74) is 9.19. The Balaban J connectivity index is 2.05. The zero-order valence-electron chi connectivity index (χ0n) is 17.3. The highest BCUT2D eigenvalue weighted by molar-refractivity contribution is 5.92. The molecule has 0 radical (unpaired) electrons. The molecule has 1 aliphatic rings. The van der Waals surface area contributed by atoms with Gasteiger partial charge in [-0.2, -0.15) is 5.26 Å². The summed E-state index contributed by atoms with van der Waals surface area (Å²) < 4.78 is 16.8. The van der Waals surface area contributed by atoms with E-state index < -0.39 is 11.9 Å². The summed E-state index contributed by atoms with van der Waals surface area (Å²) in [6, 6.07) is 17.3. The lowest BCUT2D eigenvalue weighted by Crippen LogP contribution is -2.26. The van der Waals surface area contributed by atoms with Crippen molar-refractivity contribution in [3.05, 3.63) is 88.0 Å². The van der Waals surface area contributed by atoms with E-state index in [4.69, 9.17) is 19.9 Å². The van der Waals surface area contributed by atoms with E-state index in [1.54, 1.807) is 13.8 Å². The van der Waals surface area contributed by atoms with Gasteiger partial charge in [-0.25, -0.2) is 4.79 Å². The smallest absolute Gasteiger partial charge is 0.338 e. The highest BCUT2D eigenvalue weighted by atomic mass is 16.5. The van der Waals surface area contributed by atoms with Gasteiger partial charge in [0.1, 0.15) is 29.8 Å². The van der Waals surface area contributed by atoms with E-state index in [-0.39, 0.29) is 23.6 Å². The molecule has 30 heavy (non-hydrogen) atoms. The van der Waals surface area contributed by atoms with Gasteiger partial charge in [-0.3, -0.25) is 0 Å². The predicted molar refractivity (Wildman–Crippen MR) is 112 cm³/mol. The predicted octanol–water partition coefficient (Wildman–Crippen LogP) is 4.22. The van der Waals surface area contributed by atoms with Crippen molar-refractivity contribution in [2.75, 3.05) is 6.61 Å². The summed E-state index contributed by atoms with van der Waals surface area (Å²) in [5, 5.41) is 9.76. The third-order valence-electron chi connectivity index (χ3n) is 4.98. The highest BCUT2D eigenvalue weighted by Crippen LogP contribution is 2.43. The Morgan fingerprint density at radius 2 is 1.87 bits per heavy atom. The number of para-hydroxylation sites is 1. The lowest BCUT2D eigenvalue weighted by Gasteiger charge is -2.28. The zero-order valence-corrected chi connectivity index (χ0v) is 17.3. The quantitative estimate of drug-likeness (QED) is 0.725. The van der Waals surface area contributed by atoms with Gasteiger partial charge in [-0.15, -0.1) is 0 Å². The van der Waals surface area contributed by atoms with Crippen LogP contribution in [0.5, 0.6) is 5.75 Å². The molecule has 1 atom stereocenters. The molecule has 0 amide bonds. The Hall–Kier alpha value is -3.72. The van der Waals surface area contributed by atoms with Gasteiger partial charge in [0, 0.05) is 5.56 Å². The second kappa shape index (κ2) is 9.19. The van der Waals surface area contributed by atoms with E-state index >= 15 is 0 Å². The monoisotopic (exact) mass is 404 g/mol. The molecule has 154 valence electrons. The minimum Gasteiger partial charge on any atom is -0.489 e. The van der Waals surface area contributed by atoms with Crippen LogP contribution in [0.1, 0.15) is 36.5 Å². The first-order valence-electron chi connectivity index (χ1n) is 9.69. The van der Waals surface area contributed by atoms with Crippen molar-refractivity contribution in [2.24, 2.45) is 5.73 Å². The van der Waals surface area contributed by atoms with Gasteiger partial charge in [0.15, 0.2) is 0 Å². The highest BCUT2D eigenvalue weighted by Gasteiger charge is 2.37.